The normalized spacial score (nSPS) is 11.5. The SMILES string of the molecule is CCc1ccccc1N(CC)S(=O)(=O)c1cccs1. The molecule has 0 amide bonds. The molecule has 3 nitrogen and oxygen atoms in total. The van der Waals surface area contributed by atoms with E-state index in [-0.39, 0.29) is 0 Å². The second-order valence-corrected chi connectivity index (χ2v) is 7.12. The van der Waals surface area contributed by atoms with Crippen molar-refractivity contribution in [3.05, 3.63) is 47.3 Å². The van der Waals surface area contributed by atoms with Crippen molar-refractivity contribution in [2.24, 2.45) is 0 Å². The van der Waals surface area contributed by atoms with Crippen LogP contribution in [0.3, 0.4) is 0 Å². The molecule has 1 heterocycles. The standard InChI is InChI=1S/C14H17NO2S2/c1-3-12-8-5-6-9-13(12)15(4-2)19(16,17)14-10-7-11-18-14/h5-11H,3-4H2,1-2H3. The maximum Gasteiger partial charge on any atom is 0.273 e. The average Bonchev–Trinajstić information content (AvgIpc) is 2.94. The maximum atomic E-state index is 12.6. The Morgan fingerprint density at radius 1 is 1.11 bits per heavy atom. The molecule has 0 N–H and O–H groups in total. The lowest BCUT2D eigenvalue weighted by Crippen LogP contribution is -2.31. The molecule has 5 heteroatoms. The lowest BCUT2D eigenvalue weighted by molar-refractivity contribution is 0.593. The van der Waals surface area contributed by atoms with E-state index < -0.39 is 10.0 Å². The highest BCUT2D eigenvalue weighted by Crippen LogP contribution is 2.29. The van der Waals surface area contributed by atoms with Crippen LogP contribution in [0.1, 0.15) is 19.4 Å². The largest absolute Gasteiger partial charge is 0.273 e. The van der Waals surface area contributed by atoms with Gasteiger partial charge >= 0.3 is 0 Å². The van der Waals surface area contributed by atoms with Crippen LogP contribution >= 0.6 is 11.3 Å². The number of rotatable bonds is 5. The van der Waals surface area contributed by atoms with E-state index >= 15 is 0 Å². The minimum absolute atomic E-state index is 0.389. The van der Waals surface area contributed by atoms with Crippen LogP contribution in [0.4, 0.5) is 5.69 Å². The van der Waals surface area contributed by atoms with Crippen molar-refractivity contribution in [3.8, 4) is 0 Å². The van der Waals surface area contributed by atoms with Crippen LogP contribution in [0.5, 0.6) is 0 Å². The molecule has 0 aliphatic carbocycles. The fraction of sp³-hybridized carbons (Fsp3) is 0.286. The summed E-state index contributed by atoms with van der Waals surface area (Å²) in [7, 11) is -3.44. The molecule has 2 aromatic rings. The highest BCUT2D eigenvalue weighted by Gasteiger charge is 2.25. The fourth-order valence-electron chi connectivity index (χ4n) is 2.04. The van der Waals surface area contributed by atoms with Crippen molar-refractivity contribution in [3.63, 3.8) is 0 Å². The third-order valence-corrected chi connectivity index (χ3v) is 6.23. The van der Waals surface area contributed by atoms with Crippen LogP contribution in [0.2, 0.25) is 0 Å². The van der Waals surface area contributed by atoms with Crippen LogP contribution in [-0.2, 0) is 16.4 Å². The predicted octanol–water partition coefficient (Wildman–Crippen LogP) is 3.53. The Morgan fingerprint density at radius 2 is 1.84 bits per heavy atom. The molecular weight excluding hydrogens is 278 g/mol. The Morgan fingerprint density at radius 3 is 2.42 bits per heavy atom. The lowest BCUT2D eigenvalue weighted by atomic mass is 10.1. The van der Waals surface area contributed by atoms with Crippen molar-refractivity contribution in [2.75, 3.05) is 10.8 Å². The third kappa shape index (κ3) is 2.67. The molecule has 0 atom stereocenters. The molecule has 0 saturated carbocycles. The Hall–Kier alpha value is -1.33. The summed E-state index contributed by atoms with van der Waals surface area (Å²) in [6.45, 7) is 4.32. The number of hydrogen-bond acceptors (Lipinski definition) is 3. The molecule has 0 unspecified atom stereocenters. The molecule has 1 aromatic carbocycles. The van der Waals surface area contributed by atoms with Crippen molar-refractivity contribution in [1.82, 2.24) is 0 Å². The van der Waals surface area contributed by atoms with Gasteiger partial charge in [-0.3, -0.25) is 4.31 Å². The Bertz CT molecular complexity index is 633. The van der Waals surface area contributed by atoms with E-state index in [1.54, 1.807) is 17.5 Å². The first kappa shape index (κ1) is 14.1. The Balaban J connectivity index is 2.52. The van der Waals surface area contributed by atoms with Crippen LogP contribution in [-0.4, -0.2) is 15.0 Å². The van der Waals surface area contributed by atoms with Gasteiger partial charge in [-0.25, -0.2) is 8.42 Å². The van der Waals surface area contributed by atoms with Crippen LogP contribution in [0.15, 0.2) is 46.0 Å². The predicted molar refractivity (Wildman–Crippen MR) is 80.3 cm³/mol. The summed E-state index contributed by atoms with van der Waals surface area (Å²) < 4.78 is 27.1. The van der Waals surface area contributed by atoms with Gasteiger partial charge in [-0.05, 0) is 36.4 Å². The minimum Gasteiger partial charge on any atom is -0.266 e. The number of para-hydroxylation sites is 1. The zero-order valence-corrected chi connectivity index (χ0v) is 12.7. The average molecular weight is 295 g/mol. The second-order valence-electron chi connectivity index (χ2n) is 4.08. The summed E-state index contributed by atoms with van der Waals surface area (Å²) in [5.74, 6) is 0. The molecule has 0 spiro atoms. The van der Waals surface area contributed by atoms with Crippen LogP contribution < -0.4 is 4.31 Å². The van der Waals surface area contributed by atoms with E-state index in [1.165, 1.54) is 15.6 Å². The summed E-state index contributed by atoms with van der Waals surface area (Å²) in [6, 6.07) is 11.1. The summed E-state index contributed by atoms with van der Waals surface area (Å²) in [6.07, 6.45) is 0.812. The molecular formula is C14H17NO2S2. The van der Waals surface area contributed by atoms with Crippen LogP contribution in [0, 0.1) is 0 Å². The van der Waals surface area contributed by atoms with Crippen molar-refractivity contribution in [1.29, 1.82) is 0 Å². The monoisotopic (exact) mass is 295 g/mol. The third-order valence-electron chi connectivity index (χ3n) is 2.97. The number of nitrogens with zero attached hydrogens (tertiary/aromatic N) is 1. The zero-order chi connectivity index (χ0) is 13.9. The van der Waals surface area contributed by atoms with Gasteiger partial charge in [-0.1, -0.05) is 31.2 Å². The second kappa shape index (κ2) is 5.75. The van der Waals surface area contributed by atoms with Crippen molar-refractivity contribution < 1.29 is 8.42 Å². The fourth-order valence-corrected chi connectivity index (χ4v) is 4.66. The summed E-state index contributed by atoms with van der Waals surface area (Å²) in [4.78, 5) is 0. The quantitative estimate of drug-likeness (QED) is 0.846. The summed E-state index contributed by atoms with van der Waals surface area (Å²) in [5, 5.41) is 1.78. The molecule has 1 aromatic heterocycles. The maximum absolute atomic E-state index is 12.6. The minimum atomic E-state index is -3.44. The van der Waals surface area contributed by atoms with E-state index in [1.807, 2.05) is 38.1 Å². The molecule has 2 rings (SSSR count). The van der Waals surface area contributed by atoms with E-state index in [0.29, 0.717) is 10.8 Å². The molecule has 0 radical (unpaired) electrons. The number of hydrogen-bond donors (Lipinski definition) is 0. The number of anilines is 1. The van der Waals surface area contributed by atoms with Crippen molar-refractivity contribution in [2.45, 2.75) is 24.5 Å². The molecule has 0 saturated heterocycles. The van der Waals surface area contributed by atoms with Gasteiger partial charge < -0.3 is 0 Å². The molecule has 0 aliphatic rings. The van der Waals surface area contributed by atoms with E-state index in [2.05, 4.69) is 0 Å². The van der Waals surface area contributed by atoms with Gasteiger partial charge in [0.15, 0.2) is 0 Å². The van der Waals surface area contributed by atoms with E-state index in [9.17, 15) is 8.42 Å². The van der Waals surface area contributed by atoms with Gasteiger partial charge in [0.2, 0.25) is 0 Å². The number of sulfonamides is 1. The van der Waals surface area contributed by atoms with E-state index in [0.717, 1.165) is 17.7 Å². The van der Waals surface area contributed by atoms with Gasteiger partial charge in [0, 0.05) is 6.54 Å². The lowest BCUT2D eigenvalue weighted by Gasteiger charge is -2.24. The van der Waals surface area contributed by atoms with Gasteiger partial charge in [-0.2, -0.15) is 0 Å². The summed E-state index contributed by atoms with van der Waals surface area (Å²) in [5.41, 5.74) is 1.82. The number of aryl methyl sites for hydroxylation is 1. The highest BCUT2D eigenvalue weighted by molar-refractivity contribution is 7.94. The van der Waals surface area contributed by atoms with Crippen molar-refractivity contribution >= 4 is 27.0 Å². The van der Waals surface area contributed by atoms with Crippen LogP contribution in [0.25, 0.3) is 0 Å². The van der Waals surface area contributed by atoms with Gasteiger partial charge in [0.1, 0.15) is 4.21 Å². The molecule has 0 aliphatic heterocycles. The first-order chi connectivity index (χ1) is 9.11. The zero-order valence-electron chi connectivity index (χ0n) is 11.0. The number of thiophene rings is 1. The van der Waals surface area contributed by atoms with E-state index in [4.69, 9.17) is 0 Å². The van der Waals surface area contributed by atoms with Gasteiger partial charge in [0.05, 0.1) is 5.69 Å². The Kier molecular flexibility index (Phi) is 4.27. The topological polar surface area (TPSA) is 37.4 Å². The highest BCUT2D eigenvalue weighted by atomic mass is 32.2. The number of benzene rings is 1. The molecule has 0 bridgehead atoms. The first-order valence-corrected chi connectivity index (χ1v) is 8.57. The molecule has 0 fully saturated rings. The Labute approximate surface area is 118 Å². The van der Waals surface area contributed by atoms with Gasteiger partial charge in [0.25, 0.3) is 10.0 Å². The smallest absolute Gasteiger partial charge is 0.266 e. The first-order valence-electron chi connectivity index (χ1n) is 6.25. The van der Waals surface area contributed by atoms with Gasteiger partial charge in [-0.15, -0.1) is 11.3 Å². The molecule has 102 valence electrons. The summed E-state index contributed by atoms with van der Waals surface area (Å²) >= 11 is 1.25. The molecule has 19 heavy (non-hydrogen) atoms.